The van der Waals surface area contributed by atoms with Gasteiger partial charge in [0.25, 0.3) is 5.69 Å². The molecular weight excluding hydrogens is 308 g/mol. The number of aliphatic carboxylic acids is 1. The molecule has 2 N–H and O–H groups in total. The molecule has 0 heterocycles. The molecule has 1 aromatic rings. The number of nitrogens with one attached hydrogen (secondary N) is 1. The van der Waals surface area contributed by atoms with Gasteiger partial charge in [-0.25, -0.2) is 4.72 Å². The van der Waals surface area contributed by atoms with Crippen LogP contribution < -0.4 is 4.72 Å². The number of nitrogens with zero attached hydrogens (tertiary/aromatic N) is 1. The van der Waals surface area contributed by atoms with Crippen molar-refractivity contribution >= 4 is 23.6 Å². The molecule has 22 heavy (non-hydrogen) atoms. The molecule has 2 atom stereocenters. The largest absolute Gasteiger partial charge is 0.480 e. The molecule has 122 valence electrons. The Morgan fingerprint density at radius 2 is 2.00 bits per heavy atom. The Morgan fingerprint density at radius 3 is 2.50 bits per heavy atom. The number of carboxylic acids is 1. The second-order valence-electron chi connectivity index (χ2n) is 5.70. The molecule has 0 spiro atoms. The minimum absolute atomic E-state index is 0.0754. The molecule has 0 radical (unpaired) electrons. The van der Waals surface area contributed by atoms with Gasteiger partial charge in [0, 0.05) is 6.07 Å². The van der Waals surface area contributed by atoms with Crippen molar-refractivity contribution in [3.05, 3.63) is 34.4 Å². The predicted molar refractivity (Wildman–Crippen MR) is 83.8 cm³/mol. The predicted octanol–water partition coefficient (Wildman–Crippen LogP) is 2.85. The van der Waals surface area contributed by atoms with Crippen LogP contribution in [-0.4, -0.2) is 33.7 Å². The van der Waals surface area contributed by atoms with Crippen molar-refractivity contribution in [2.45, 2.75) is 50.3 Å². The third kappa shape index (κ3) is 5.63. The van der Waals surface area contributed by atoms with Crippen molar-refractivity contribution in [1.29, 1.82) is 0 Å². The Hall–Kier alpha value is -1.64. The molecule has 1 rings (SSSR count). The van der Waals surface area contributed by atoms with E-state index in [0.29, 0.717) is 4.90 Å². The number of nitro benzene ring substituents is 1. The fourth-order valence-corrected chi connectivity index (χ4v) is 2.73. The fourth-order valence-electron chi connectivity index (χ4n) is 1.79. The summed E-state index contributed by atoms with van der Waals surface area (Å²) in [6.07, 6.45) is -0.604. The molecule has 0 aromatic heterocycles. The molecule has 7 nitrogen and oxygen atoms in total. The van der Waals surface area contributed by atoms with Crippen LogP contribution in [0.1, 0.15) is 27.7 Å². The monoisotopic (exact) mass is 328 g/mol. The average molecular weight is 328 g/mol. The molecule has 0 saturated carbocycles. The van der Waals surface area contributed by atoms with Gasteiger partial charge in [0.15, 0.2) is 0 Å². The second-order valence-corrected chi connectivity index (χ2v) is 6.58. The third-order valence-corrected chi connectivity index (χ3v) is 3.57. The minimum atomic E-state index is -1.08. The van der Waals surface area contributed by atoms with Crippen LogP contribution in [0.4, 0.5) is 5.69 Å². The number of benzene rings is 1. The molecule has 0 aliphatic carbocycles. The van der Waals surface area contributed by atoms with Crippen molar-refractivity contribution in [2.75, 3.05) is 0 Å². The van der Waals surface area contributed by atoms with E-state index in [9.17, 15) is 20.0 Å². The summed E-state index contributed by atoms with van der Waals surface area (Å²) >= 11 is 0.914. The number of hydrogen-bond donors (Lipinski definition) is 2. The van der Waals surface area contributed by atoms with Crippen LogP contribution in [0.2, 0.25) is 0 Å². The van der Waals surface area contributed by atoms with E-state index in [1.807, 2.05) is 20.8 Å². The van der Waals surface area contributed by atoms with Crippen molar-refractivity contribution in [3.8, 4) is 0 Å². The molecule has 2 unspecified atom stereocenters. The summed E-state index contributed by atoms with van der Waals surface area (Å²) in [5, 5.41) is 20.3. The van der Waals surface area contributed by atoms with Crippen LogP contribution in [0.25, 0.3) is 0 Å². The highest BCUT2D eigenvalue weighted by Gasteiger charge is 2.29. The van der Waals surface area contributed by atoms with Gasteiger partial charge in [-0.15, -0.1) is 0 Å². The first kappa shape index (κ1) is 18.4. The zero-order chi connectivity index (χ0) is 16.9. The first-order chi connectivity index (χ1) is 10.1. The van der Waals surface area contributed by atoms with Crippen LogP contribution in [0.15, 0.2) is 29.2 Å². The second kappa shape index (κ2) is 7.57. The zero-order valence-electron chi connectivity index (χ0n) is 12.9. The Kier molecular flexibility index (Phi) is 6.34. The van der Waals surface area contributed by atoms with E-state index in [-0.39, 0.29) is 5.69 Å². The Balaban J connectivity index is 2.82. The quantitative estimate of drug-likeness (QED) is 0.451. The normalized spacial score (nSPS) is 14.4. The maximum atomic E-state index is 11.4. The standard InChI is InChI=1S/C14H20N2O5S/c1-9(21-14(2,3)4)12(13(17)18)15-22-11-8-6-5-7-10(11)16(19)20/h5-9,12,15H,1-4H3,(H,17,18). The van der Waals surface area contributed by atoms with E-state index < -0.39 is 28.6 Å². The SMILES string of the molecule is CC(OC(C)(C)C)C(NSc1ccccc1[N+](=O)[O-])C(=O)O. The zero-order valence-corrected chi connectivity index (χ0v) is 13.7. The summed E-state index contributed by atoms with van der Waals surface area (Å²) in [4.78, 5) is 22.2. The molecule has 1 aromatic carbocycles. The van der Waals surface area contributed by atoms with Crippen molar-refractivity contribution in [3.63, 3.8) is 0 Å². The molecule has 0 bridgehead atoms. The van der Waals surface area contributed by atoms with Crippen molar-refractivity contribution < 1.29 is 19.6 Å². The first-order valence-electron chi connectivity index (χ1n) is 6.68. The van der Waals surface area contributed by atoms with Gasteiger partial charge in [0.05, 0.1) is 16.6 Å². The molecule has 0 aliphatic rings. The fraction of sp³-hybridized carbons (Fsp3) is 0.500. The summed E-state index contributed by atoms with van der Waals surface area (Å²) in [5.74, 6) is -1.08. The van der Waals surface area contributed by atoms with Crippen LogP contribution in [-0.2, 0) is 9.53 Å². The first-order valence-corrected chi connectivity index (χ1v) is 7.50. The molecule has 0 amide bonds. The van der Waals surface area contributed by atoms with Gasteiger partial charge in [-0.1, -0.05) is 12.1 Å². The highest BCUT2D eigenvalue weighted by Crippen LogP contribution is 2.27. The van der Waals surface area contributed by atoms with E-state index in [4.69, 9.17) is 4.74 Å². The average Bonchev–Trinajstić information content (AvgIpc) is 2.36. The Morgan fingerprint density at radius 1 is 1.41 bits per heavy atom. The van der Waals surface area contributed by atoms with E-state index in [1.54, 1.807) is 25.1 Å². The van der Waals surface area contributed by atoms with Gasteiger partial charge in [0.2, 0.25) is 0 Å². The van der Waals surface area contributed by atoms with Gasteiger partial charge in [-0.2, -0.15) is 0 Å². The van der Waals surface area contributed by atoms with Gasteiger partial charge in [0.1, 0.15) is 10.9 Å². The lowest BCUT2D eigenvalue weighted by Crippen LogP contribution is -2.45. The number of ether oxygens (including phenoxy) is 1. The van der Waals surface area contributed by atoms with Crippen LogP contribution in [0.3, 0.4) is 0 Å². The number of para-hydroxylation sites is 1. The molecule has 8 heteroatoms. The van der Waals surface area contributed by atoms with Gasteiger partial charge in [-0.05, 0) is 45.7 Å². The number of nitro groups is 1. The van der Waals surface area contributed by atoms with Crippen molar-refractivity contribution in [2.24, 2.45) is 0 Å². The number of hydrogen-bond acceptors (Lipinski definition) is 6. The summed E-state index contributed by atoms with van der Waals surface area (Å²) in [6.45, 7) is 7.14. The number of carboxylic acid groups (broad SMARTS) is 1. The summed E-state index contributed by atoms with van der Waals surface area (Å²) in [7, 11) is 0. The maximum absolute atomic E-state index is 11.4. The smallest absolute Gasteiger partial charge is 0.324 e. The highest BCUT2D eigenvalue weighted by atomic mass is 32.2. The summed E-state index contributed by atoms with van der Waals surface area (Å²) in [5.41, 5.74) is -0.563. The maximum Gasteiger partial charge on any atom is 0.324 e. The Bertz CT molecular complexity index is 544. The lowest BCUT2D eigenvalue weighted by Gasteiger charge is -2.29. The lowest BCUT2D eigenvalue weighted by molar-refractivity contribution is -0.387. The summed E-state index contributed by atoms with van der Waals surface area (Å²) in [6, 6.07) is 5.15. The van der Waals surface area contributed by atoms with E-state index >= 15 is 0 Å². The van der Waals surface area contributed by atoms with Gasteiger partial charge < -0.3 is 9.84 Å². The van der Waals surface area contributed by atoms with Gasteiger partial charge >= 0.3 is 5.97 Å². The van der Waals surface area contributed by atoms with Crippen LogP contribution >= 0.6 is 11.9 Å². The third-order valence-electron chi connectivity index (χ3n) is 2.63. The van der Waals surface area contributed by atoms with Crippen LogP contribution in [0.5, 0.6) is 0 Å². The Labute approximate surface area is 133 Å². The topological polar surface area (TPSA) is 102 Å². The van der Waals surface area contributed by atoms with Crippen molar-refractivity contribution in [1.82, 2.24) is 4.72 Å². The molecule has 0 fully saturated rings. The highest BCUT2D eigenvalue weighted by molar-refractivity contribution is 7.97. The van der Waals surface area contributed by atoms with Crippen LogP contribution in [0, 0.1) is 10.1 Å². The van der Waals surface area contributed by atoms with E-state index in [0.717, 1.165) is 11.9 Å². The molecule has 0 aliphatic heterocycles. The number of carbonyl (C=O) groups is 1. The molecule has 0 saturated heterocycles. The minimum Gasteiger partial charge on any atom is -0.480 e. The van der Waals surface area contributed by atoms with E-state index in [2.05, 4.69) is 4.72 Å². The molecular formula is C14H20N2O5S. The number of rotatable bonds is 7. The van der Waals surface area contributed by atoms with E-state index in [1.165, 1.54) is 6.07 Å². The lowest BCUT2D eigenvalue weighted by atomic mass is 10.1. The van der Waals surface area contributed by atoms with Gasteiger partial charge in [-0.3, -0.25) is 14.9 Å². The summed E-state index contributed by atoms with van der Waals surface area (Å²) < 4.78 is 8.38.